The molecule has 3 aromatic heterocycles. The van der Waals surface area contributed by atoms with Crippen molar-refractivity contribution in [2.45, 2.75) is 46.6 Å². The minimum atomic E-state index is -0.569. The molecule has 3 N–H and O–H groups in total. The number of carbonyl (C=O) groups excluding carboxylic acids is 2. The Kier molecular flexibility index (Phi) is 7.56. The van der Waals surface area contributed by atoms with Gasteiger partial charge in [0.15, 0.2) is 11.5 Å². The van der Waals surface area contributed by atoms with Crippen molar-refractivity contribution in [3.63, 3.8) is 0 Å². The van der Waals surface area contributed by atoms with Gasteiger partial charge in [-0.25, -0.2) is 20.2 Å². The number of thiophene rings is 1. The zero-order valence-corrected chi connectivity index (χ0v) is 24.6. The Morgan fingerprint density at radius 3 is 2.75 bits per heavy atom. The Morgan fingerprint density at radius 2 is 2.05 bits per heavy atom. The normalized spacial score (nSPS) is 15.8. The fourth-order valence-electron chi connectivity index (χ4n) is 4.69. The van der Waals surface area contributed by atoms with Crippen LogP contribution in [0.2, 0.25) is 0 Å². The quantitative estimate of drug-likeness (QED) is 0.403. The summed E-state index contributed by atoms with van der Waals surface area (Å²) in [6.07, 6.45) is 8.36. The molecule has 0 saturated heterocycles. The van der Waals surface area contributed by atoms with E-state index in [9.17, 15) is 9.59 Å². The van der Waals surface area contributed by atoms with Crippen molar-refractivity contribution in [3.8, 4) is 0 Å². The van der Waals surface area contributed by atoms with E-state index in [1.54, 1.807) is 4.90 Å². The Labute approximate surface area is 237 Å². The third kappa shape index (κ3) is 5.82. The Bertz CT molecular complexity index is 1510. The van der Waals surface area contributed by atoms with Gasteiger partial charge in [-0.1, -0.05) is 6.08 Å². The molecule has 12 heteroatoms. The smallest absolute Gasteiger partial charge is 0.410 e. The van der Waals surface area contributed by atoms with E-state index in [2.05, 4.69) is 22.1 Å². The molecule has 0 atom stereocenters. The van der Waals surface area contributed by atoms with Gasteiger partial charge in [-0.3, -0.25) is 9.20 Å². The van der Waals surface area contributed by atoms with Gasteiger partial charge in [-0.05, 0) is 58.2 Å². The predicted molar refractivity (Wildman–Crippen MR) is 157 cm³/mol. The lowest BCUT2D eigenvalue weighted by molar-refractivity contribution is 0.0273. The summed E-state index contributed by atoms with van der Waals surface area (Å²) in [5, 5.41) is 9.02. The maximum atomic E-state index is 12.8. The van der Waals surface area contributed by atoms with Gasteiger partial charge in [-0.2, -0.15) is 0 Å². The lowest BCUT2D eigenvalue weighted by Crippen LogP contribution is -2.39. The number of rotatable bonds is 6. The van der Waals surface area contributed by atoms with Crippen molar-refractivity contribution in [1.82, 2.24) is 35.0 Å². The second-order valence-corrected chi connectivity index (χ2v) is 12.0. The fourth-order valence-corrected chi connectivity index (χ4v) is 5.68. The number of anilines is 2. The number of nitrogens with one attached hydrogen (secondary N) is 3. The molecular weight excluding hydrogens is 528 g/mol. The molecular formula is C28H36N8O3S. The first-order chi connectivity index (χ1) is 19.0. The van der Waals surface area contributed by atoms with Crippen molar-refractivity contribution < 1.29 is 14.3 Å². The van der Waals surface area contributed by atoms with E-state index in [4.69, 9.17) is 14.7 Å². The first kappa shape index (κ1) is 27.7. The highest BCUT2D eigenvalue weighted by Crippen LogP contribution is 2.32. The lowest BCUT2D eigenvalue weighted by Gasteiger charge is -2.30. The van der Waals surface area contributed by atoms with Crippen LogP contribution in [-0.2, 0) is 4.74 Å². The largest absolute Gasteiger partial charge is 0.444 e. The van der Waals surface area contributed by atoms with Crippen LogP contribution in [-0.4, -0.2) is 75.1 Å². The molecule has 2 aliphatic heterocycles. The summed E-state index contributed by atoms with van der Waals surface area (Å²) in [4.78, 5) is 37.4. The van der Waals surface area contributed by atoms with E-state index in [0.717, 1.165) is 33.1 Å². The fraction of sp³-hybridized carbons (Fsp3) is 0.429. The van der Waals surface area contributed by atoms with Crippen molar-refractivity contribution in [2.24, 2.45) is 0 Å². The second kappa shape index (κ2) is 10.9. The molecule has 0 spiro atoms. The number of carbonyl (C=O) groups is 2. The predicted octanol–water partition coefficient (Wildman–Crippen LogP) is 4.41. The number of aromatic nitrogens is 3. The maximum absolute atomic E-state index is 12.8. The van der Waals surface area contributed by atoms with Crippen LogP contribution in [0.5, 0.6) is 0 Å². The summed E-state index contributed by atoms with van der Waals surface area (Å²) < 4.78 is 7.67. The molecule has 40 heavy (non-hydrogen) atoms. The first-order valence-electron chi connectivity index (χ1n) is 13.4. The number of imidazole rings is 1. The van der Waals surface area contributed by atoms with Gasteiger partial charge in [0.05, 0.1) is 34.0 Å². The number of hydrogen-bond acceptors (Lipinski definition) is 9. The summed E-state index contributed by atoms with van der Waals surface area (Å²) >= 11 is 1.38. The zero-order chi connectivity index (χ0) is 28.6. The molecule has 0 bridgehead atoms. The average molecular weight is 565 g/mol. The van der Waals surface area contributed by atoms with Crippen molar-refractivity contribution in [2.75, 3.05) is 38.5 Å². The van der Waals surface area contributed by atoms with E-state index in [-0.39, 0.29) is 12.0 Å². The number of aryl methyl sites for hydroxylation is 1. The van der Waals surface area contributed by atoms with E-state index < -0.39 is 5.60 Å². The highest BCUT2D eigenvalue weighted by Gasteiger charge is 2.26. The van der Waals surface area contributed by atoms with Crippen molar-refractivity contribution >= 4 is 50.9 Å². The number of ether oxygens (including phenoxy) is 1. The standard InChI is InChI=1S/C28H36N8O3S/c1-7-29-26(37)23-17(2)11-22(40-23)33-24-25-30-13-21(19-12-31-34(6)14-19)36(25)16-20(32-24)18-9-8-10-35(15-18)27(38)39-28(3,4)5/h9,11,13-14,16,31H,7-8,10,12,15H2,1-6H3,(H,29,37)(H,32,33). The van der Waals surface area contributed by atoms with Gasteiger partial charge in [0.1, 0.15) is 5.60 Å². The molecule has 5 rings (SSSR count). The van der Waals surface area contributed by atoms with Crippen LogP contribution in [0.15, 0.2) is 30.7 Å². The van der Waals surface area contributed by atoms with E-state index in [0.29, 0.717) is 48.9 Å². The van der Waals surface area contributed by atoms with Crippen LogP contribution in [0.4, 0.5) is 15.6 Å². The minimum Gasteiger partial charge on any atom is -0.444 e. The number of nitrogens with zero attached hydrogens (tertiary/aromatic N) is 5. The second-order valence-electron chi connectivity index (χ2n) is 10.9. The Balaban J connectivity index is 1.53. The molecule has 212 valence electrons. The SMILES string of the molecule is CCNC(=O)c1sc(Nc2nc(C3=CCCN(C(=O)OC(C)(C)C)C3)cn3c(C4=CN(C)NC4)cnc23)cc1C. The van der Waals surface area contributed by atoms with Crippen LogP contribution < -0.4 is 16.1 Å². The van der Waals surface area contributed by atoms with Gasteiger partial charge in [-0.15, -0.1) is 11.3 Å². The molecule has 0 radical (unpaired) electrons. The molecule has 2 aliphatic rings. The molecule has 0 aromatic carbocycles. The summed E-state index contributed by atoms with van der Waals surface area (Å²) in [6, 6.07) is 1.95. The summed E-state index contributed by atoms with van der Waals surface area (Å²) in [5.41, 5.74) is 7.99. The third-order valence-corrected chi connectivity index (χ3v) is 7.68. The van der Waals surface area contributed by atoms with Crippen LogP contribution in [0.3, 0.4) is 0 Å². The summed E-state index contributed by atoms with van der Waals surface area (Å²) in [6.45, 7) is 11.7. The van der Waals surface area contributed by atoms with Gasteiger partial charge in [0.2, 0.25) is 0 Å². The van der Waals surface area contributed by atoms with Crippen LogP contribution in [0.25, 0.3) is 16.8 Å². The number of amides is 2. The maximum Gasteiger partial charge on any atom is 0.410 e. The number of fused-ring (bicyclic) bond motifs is 1. The zero-order valence-electron chi connectivity index (χ0n) is 23.8. The first-order valence-corrected chi connectivity index (χ1v) is 14.2. The van der Waals surface area contributed by atoms with Gasteiger partial charge < -0.3 is 25.3 Å². The molecule has 3 aromatic rings. The molecule has 5 heterocycles. The highest BCUT2D eigenvalue weighted by molar-refractivity contribution is 7.18. The summed E-state index contributed by atoms with van der Waals surface area (Å²) in [7, 11) is 1.96. The van der Waals surface area contributed by atoms with E-state index in [1.807, 2.05) is 75.7 Å². The molecule has 11 nitrogen and oxygen atoms in total. The monoisotopic (exact) mass is 564 g/mol. The third-order valence-electron chi connectivity index (χ3n) is 6.52. The lowest BCUT2D eigenvalue weighted by atomic mass is 10.1. The average Bonchev–Trinajstić information content (AvgIpc) is 3.61. The van der Waals surface area contributed by atoms with Crippen molar-refractivity contribution in [1.29, 1.82) is 0 Å². The summed E-state index contributed by atoms with van der Waals surface area (Å²) in [5.74, 6) is 0.482. The molecule has 2 amide bonds. The van der Waals surface area contributed by atoms with Gasteiger partial charge in [0.25, 0.3) is 5.91 Å². The molecule has 0 fully saturated rings. The molecule has 0 aliphatic carbocycles. The van der Waals surface area contributed by atoms with Crippen LogP contribution >= 0.6 is 11.3 Å². The van der Waals surface area contributed by atoms with Crippen molar-refractivity contribution in [3.05, 3.63) is 52.6 Å². The van der Waals surface area contributed by atoms with Gasteiger partial charge in [0, 0.05) is 44.7 Å². The minimum absolute atomic E-state index is 0.0904. The molecule has 0 saturated carbocycles. The molecule has 0 unspecified atom stereocenters. The Morgan fingerprint density at radius 1 is 1.25 bits per heavy atom. The van der Waals surface area contributed by atoms with Crippen LogP contribution in [0.1, 0.15) is 60.7 Å². The number of hydrogen-bond donors (Lipinski definition) is 3. The van der Waals surface area contributed by atoms with Crippen LogP contribution in [0, 0.1) is 6.92 Å². The number of hydrazine groups is 1. The topological polar surface area (TPSA) is 116 Å². The highest BCUT2D eigenvalue weighted by atomic mass is 32.1. The van der Waals surface area contributed by atoms with Gasteiger partial charge >= 0.3 is 6.09 Å². The van der Waals surface area contributed by atoms with E-state index >= 15 is 0 Å². The van der Waals surface area contributed by atoms with E-state index in [1.165, 1.54) is 11.3 Å². The Hall–Kier alpha value is -3.90.